The van der Waals surface area contributed by atoms with Crippen molar-refractivity contribution in [2.24, 2.45) is 4.99 Å². The quantitative estimate of drug-likeness (QED) is 0.376. The number of phenolic OH excluding ortho intramolecular Hbond substituents is 1. The van der Waals surface area contributed by atoms with Crippen LogP contribution in [0.3, 0.4) is 0 Å². The molecule has 2 aromatic carbocycles. The van der Waals surface area contributed by atoms with Crippen LogP contribution in [0, 0.1) is 0 Å². The first kappa shape index (κ1) is 22.5. The van der Waals surface area contributed by atoms with Gasteiger partial charge in [0.1, 0.15) is 11.4 Å². The van der Waals surface area contributed by atoms with E-state index in [0.717, 1.165) is 56.4 Å². The Balaban J connectivity index is 1.22. The van der Waals surface area contributed by atoms with E-state index in [0.29, 0.717) is 12.2 Å². The summed E-state index contributed by atoms with van der Waals surface area (Å²) in [7, 11) is 0. The van der Waals surface area contributed by atoms with Crippen molar-refractivity contribution in [2.45, 2.75) is 51.0 Å². The van der Waals surface area contributed by atoms with Crippen LogP contribution in [0.1, 0.15) is 54.9 Å². The Hall–Kier alpha value is -2.21. The molecule has 0 unspecified atom stereocenters. The summed E-state index contributed by atoms with van der Waals surface area (Å²) in [4.78, 5) is 4.30. The zero-order chi connectivity index (χ0) is 21.0. The van der Waals surface area contributed by atoms with Crippen molar-refractivity contribution in [2.75, 3.05) is 26.2 Å². The average molecular weight is 410 g/mol. The van der Waals surface area contributed by atoms with Gasteiger partial charge in [0.2, 0.25) is 0 Å². The van der Waals surface area contributed by atoms with E-state index >= 15 is 0 Å². The highest BCUT2D eigenvalue weighted by Crippen LogP contribution is 2.37. The van der Waals surface area contributed by atoms with Crippen LogP contribution >= 0.6 is 0 Å². The van der Waals surface area contributed by atoms with E-state index in [-0.39, 0.29) is 5.75 Å². The van der Waals surface area contributed by atoms with Crippen LogP contribution in [0.5, 0.6) is 5.75 Å². The fraction of sp³-hybridized carbons (Fsp3) is 0.480. The van der Waals surface area contributed by atoms with Gasteiger partial charge in [-0.2, -0.15) is 0 Å². The number of aliphatic hydroxyl groups is 1. The average Bonchev–Trinajstić information content (AvgIpc) is 2.78. The molecule has 4 N–H and O–H groups in total. The Labute approximate surface area is 180 Å². The van der Waals surface area contributed by atoms with Gasteiger partial charge in [-0.25, -0.2) is 0 Å². The van der Waals surface area contributed by atoms with Crippen molar-refractivity contribution < 1.29 is 10.2 Å². The molecule has 2 aromatic rings. The summed E-state index contributed by atoms with van der Waals surface area (Å²) < 4.78 is 0. The van der Waals surface area contributed by atoms with Crippen molar-refractivity contribution in [3.8, 4) is 5.75 Å². The number of aromatic hydroxyl groups is 1. The lowest BCUT2D eigenvalue weighted by molar-refractivity contribution is 0.173. The summed E-state index contributed by atoms with van der Waals surface area (Å²) in [5, 5.41) is 27.4. The van der Waals surface area contributed by atoms with Crippen LogP contribution in [-0.4, -0.2) is 42.6 Å². The molecule has 5 nitrogen and oxygen atoms in total. The number of fused-ring (bicyclic) bond motifs is 1. The summed E-state index contributed by atoms with van der Waals surface area (Å²) in [6, 6.07) is 14.1. The Morgan fingerprint density at radius 1 is 0.900 bits per heavy atom. The smallest absolute Gasteiger partial charge is 0.141 e. The second-order valence-electron chi connectivity index (χ2n) is 7.97. The minimum Gasteiger partial charge on any atom is -0.506 e. The van der Waals surface area contributed by atoms with Gasteiger partial charge in [0.25, 0.3) is 0 Å². The second kappa shape index (κ2) is 12.5. The molecule has 0 aromatic heterocycles. The van der Waals surface area contributed by atoms with Crippen LogP contribution in [0.15, 0.2) is 47.5 Å². The minimum absolute atomic E-state index is 0.194. The predicted octanol–water partition coefficient (Wildman–Crippen LogP) is 4.06. The Morgan fingerprint density at radius 3 is 2.47 bits per heavy atom. The van der Waals surface area contributed by atoms with Gasteiger partial charge in [0.05, 0.1) is 6.10 Å². The first-order valence-corrected chi connectivity index (χ1v) is 11.3. The van der Waals surface area contributed by atoms with Crippen LogP contribution < -0.4 is 10.6 Å². The van der Waals surface area contributed by atoms with Crippen molar-refractivity contribution in [3.63, 3.8) is 0 Å². The SMILES string of the molecule is Oc1ccc([C@@H](O)CNCCCCCCNCCc2ccccc2)c2c1N=CCC2. The number of nitrogens with zero attached hydrogens (tertiary/aromatic N) is 1. The minimum atomic E-state index is -0.568. The fourth-order valence-electron chi connectivity index (χ4n) is 3.93. The van der Waals surface area contributed by atoms with Crippen molar-refractivity contribution in [3.05, 3.63) is 59.2 Å². The van der Waals surface area contributed by atoms with Gasteiger partial charge in [-0.15, -0.1) is 0 Å². The Bertz CT molecular complexity index is 792. The highest BCUT2D eigenvalue weighted by molar-refractivity contribution is 5.73. The number of aliphatic imine (C=N–C) groups is 1. The van der Waals surface area contributed by atoms with Gasteiger partial charge in [-0.3, -0.25) is 4.99 Å². The number of benzene rings is 2. The van der Waals surface area contributed by atoms with E-state index in [1.165, 1.54) is 24.8 Å². The second-order valence-corrected chi connectivity index (χ2v) is 7.97. The van der Waals surface area contributed by atoms with E-state index in [9.17, 15) is 10.2 Å². The number of aliphatic hydroxyl groups excluding tert-OH is 1. The number of rotatable bonds is 13. The topological polar surface area (TPSA) is 76.9 Å². The third kappa shape index (κ3) is 6.94. The lowest BCUT2D eigenvalue weighted by atomic mass is 9.95. The summed E-state index contributed by atoms with van der Waals surface area (Å²) in [6.07, 6.45) is 8.77. The maximum absolute atomic E-state index is 10.6. The standard InChI is InChI=1S/C25H35N3O2/c29-23-13-12-21(22-11-8-17-28-25(22)23)24(30)19-27-16-7-2-1-6-15-26-18-14-20-9-4-3-5-10-20/h3-5,9-10,12-13,17,24,26-27,29-30H,1-2,6-8,11,14-16,18-19H2/t24-/m0/s1. The summed E-state index contributed by atoms with van der Waals surface area (Å²) >= 11 is 0. The monoisotopic (exact) mass is 409 g/mol. The Morgan fingerprint density at radius 2 is 1.67 bits per heavy atom. The molecule has 0 aliphatic carbocycles. The molecule has 162 valence electrons. The van der Waals surface area contributed by atoms with Crippen LogP contribution in [0.4, 0.5) is 5.69 Å². The highest BCUT2D eigenvalue weighted by Gasteiger charge is 2.19. The molecule has 1 aliphatic heterocycles. The van der Waals surface area contributed by atoms with Gasteiger partial charge in [0, 0.05) is 12.8 Å². The van der Waals surface area contributed by atoms with Crippen LogP contribution in [0.2, 0.25) is 0 Å². The van der Waals surface area contributed by atoms with E-state index in [1.54, 1.807) is 6.07 Å². The first-order chi connectivity index (χ1) is 14.8. The summed E-state index contributed by atoms with van der Waals surface area (Å²) in [5.74, 6) is 0.194. The zero-order valence-corrected chi connectivity index (χ0v) is 17.8. The molecule has 5 heteroatoms. The molecule has 1 aliphatic rings. The van der Waals surface area contributed by atoms with Crippen molar-refractivity contribution >= 4 is 11.9 Å². The molecular weight excluding hydrogens is 374 g/mol. The maximum Gasteiger partial charge on any atom is 0.141 e. The largest absolute Gasteiger partial charge is 0.506 e. The van der Waals surface area contributed by atoms with Crippen LogP contribution in [-0.2, 0) is 12.8 Å². The lowest BCUT2D eigenvalue weighted by Gasteiger charge is -2.20. The third-order valence-corrected chi connectivity index (χ3v) is 5.63. The molecule has 1 atom stereocenters. The molecule has 0 radical (unpaired) electrons. The molecule has 30 heavy (non-hydrogen) atoms. The van der Waals surface area contributed by atoms with E-state index in [2.05, 4.69) is 46.0 Å². The van der Waals surface area contributed by atoms with Gasteiger partial charge in [-0.1, -0.05) is 49.2 Å². The van der Waals surface area contributed by atoms with Gasteiger partial charge < -0.3 is 20.8 Å². The predicted molar refractivity (Wildman–Crippen MR) is 124 cm³/mol. The summed E-state index contributed by atoms with van der Waals surface area (Å²) in [6.45, 7) is 3.56. The molecule has 0 bridgehead atoms. The number of unbranched alkanes of at least 4 members (excludes halogenated alkanes) is 3. The molecule has 0 spiro atoms. The van der Waals surface area contributed by atoms with E-state index in [1.807, 2.05) is 12.3 Å². The fourth-order valence-corrected chi connectivity index (χ4v) is 3.93. The molecular formula is C25H35N3O2. The van der Waals surface area contributed by atoms with E-state index in [4.69, 9.17) is 0 Å². The third-order valence-electron chi connectivity index (χ3n) is 5.63. The molecule has 0 fully saturated rings. The Kier molecular flexibility index (Phi) is 9.35. The highest BCUT2D eigenvalue weighted by atomic mass is 16.3. The lowest BCUT2D eigenvalue weighted by Crippen LogP contribution is -2.23. The van der Waals surface area contributed by atoms with Gasteiger partial charge >= 0.3 is 0 Å². The first-order valence-electron chi connectivity index (χ1n) is 11.3. The number of hydrogen-bond donors (Lipinski definition) is 4. The number of phenols is 1. The molecule has 1 heterocycles. The number of hydrogen-bond acceptors (Lipinski definition) is 5. The normalized spacial score (nSPS) is 13.9. The van der Waals surface area contributed by atoms with Crippen molar-refractivity contribution in [1.82, 2.24) is 10.6 Å². The maximum atomic E-state index is 10.6. The van der Waals surface area contributed by atoms with Crippen LogP contribution in [0.25, 0.3) is 0 Å². The van der Waals surface area contributed by atoms with Gasteiger partial charge in [-0.05, 0) is 74.5 Å². The molecule has 0 amide bonds. The summed E-state index contributed by atoms with van der Waals surface area (Å²) in [5.41, 5.74) is 3.87. The number of nitrogens with one attached hydrogen (secondary N) is 2. The van der Waals surface area contributed by atoms with Crippen molar-refractivity contribution in [1.29, 1.82) is 0 Å². The molecule has 3 rings (SSSR count). The van der Waals surface area contributed by atoms with Gasteiger partial charge in [0.15, 0.2) is 0 Å². The van der Waals surface area contributed by atoms with E-state index < -0.39 is 6.10 Å². The molecule has 0 saturated carbocycles. The zero-order valence-electron chi connectivity index (χ0n) is 17.8. The molecule has 0 saturated heterocycles.